The van der Waals surface area contributed by atoms with Crippen LogP contribution in [0.1, 0.15) is 31.5 Å². The fourth-order valence-electron chi connectivity index (χ4n) is 3.66. The molecule has 2 aliphatic rings. The summed E-state index contributed by atoms with van der Waals surface area (Å²) >= 11 is 0. The van der Waals surface area contributed by atoms with Crippen molar-refractivity contribution in [3.63, 3.8) is 0 Å². The maximum Gasteiger partial charge on any atom is 0.240 e. The van der Waals surface area contributed by atoms with Gasteiger partial charge in [-0.15, -0.1) is 0 Å². The molecule has 2 aromatic rings. The number of hydrogen-bond donors (Lipinski definition) is 0. The van der Waals surface area contributed by atoms with E-state index in [4.69, 9.17) is 4.52 Å². The highest BCUT2D eigenvalue weighted by Gasteiger charge is 2.34. The van der Waals surface area contributed by atoms with E-state index < -0.39 is 0 Å². The Labute approximate surface area is 153 Å². The van der Waals surface area contributed by atoms with E-state index in [1.54, 1.807) is 0 Å². The van der Waals surface area contributed by atoms with E-state index in [1.165, 1.54) is 12.1 Å². The molecule has 0 spiro atoms. The number of likely N-dealkylation sites (tertiary alicyclic amines) is 1. The van der Waals surface area contributed by atoms with Crippen LogP contribution in [-0.4, -0.2) is 65.3 Å². The van der Waals surface area contributed by atoms with Crippen molar-refractivity contribution in [2.45, 2.75) is 32.4 Å². The highest BCUT2D eigenvalue weighted by atomic mass is 19.1. The molecule has 0 unspecified atom stereocenters. The summed E-state index contributed by atoms with van der Waals surface area (Å²) in [4.78, 5) is 11.7. The molecule has 26 heavy (non-hydrogen) atoms. The van der Waals surface area contributed by atoms with Gasteiger partial charge in [0.2, 0.25) is 5.89 Å². The van der Waals surface area contributed by atoms with Crippen molar-refractivity contribution in [1.82, 2.24) is 19.9 Å². The Morgan fingerprint density at radius 3 is 2.42 bits per heavy atom. The molecule has 2 fully saturated rings. The van der Waals surface area contributed by atoms with Crippen LogP contribution in [0.3, 0.4) is 0 Å². The van der Waals surface area contributed by atoms with Gasteiger partial charge in [0.05, 0.1) is 6.54 Å². The third-order valence-electron chi connectivity index (χ3n) is 5.32. The van der Waals surface area contributed by atoms with Crippen LogP contribution in [0.5, 0.6) is 0 Å². The van der Waals surface area contributed by atoms with Crippen LogP contribution < -0.4 is 4.90 Å². The highest BCUT2D eigenvalue weighted by molar-refractivity contribution is 5.46. The molecule has 0 atom stereocenters. The van der Waals surface area contributed by atoms with Gasteiger partial charge in [0.25, 0.3) is 0 Å². The summed E-state index contributed by atoms with van der Waals surface area (Å²) in [5, 5.41) is 4.03. The average molecular weight is 359 g/mol. The van der Waals surface area contributed by atoms with Crippen molar-refractivity contribution in [2.75, 3.05) is 44.2 Å². The minimum atomic E-state index is -0.177. The predicted molar refractivity (Wildman–Crippen MR) is 97.6 cm³/mol. The van der Waals surface area contributed by atoms with E-state index in [0.717, 1.165) is 57.3 Å². The van der Waals surface area contributed by atoms with Crippen LogP contribution in [0.2, 0.25) is 0 Å². The molecular weight excluding hydrogens is 333 g/mol. The minimum Gasteiger partial charge on any atom is -0.369 e. The second-order valence-electron chi connectivity index (χ2n) is 7.55. The molecule has 1 aromatic heterocycles. The van der Waals surface area contributed by atoms with Gasteiger partial charge in [0.15, 0.2) is 5.82 Å². The first-order valence-electron chi connectivity index (χ1n) is 9.38. The highest BCUT2D eigenvalue weighted by Crippen LogP contribution is 2.22. The largest absolute Gasteiger partial charge is 0.369 e. The van der Waals surface area contributed by atoms with Gasteiger partial charge in [-0.1, -0.05) is 19.0 Å². The lowest BCUT2D eigenvalue weighted by Gasteiger charge is -2.48. The first-order chi connectivity index (χ1) is 12.6. The molecule has 1 aromatic carbocycles. The number of halogens is 1. The van der Waals surface area contributed by atoms with Crippen molar-refractivity contribution in [3.8, 4) is 0 Å². The molecule has 0 bridgehead atoms. The van der Waals surface area contributed by atoms with Crippen molar-refractivity contribution in [3.05, 3.63) is 41.8 Å². The van der Waals surface area contributed by atoms with Crippen molar-refractivity contribution < 1.29 is 8.91 Å². The number of piperazine rings is 1. The number of anilines is 1. The van der Waals surface area contributed by atoms with Gasteiger partial charge in [0.1, 0.15) is 5.82 Å². The summed E-state index contributed by atoms with van der Waals surface area (Å²) in [5.74, 6) is 1.63. The standard InChI is InChI=1S/C19H26FN5O/c1-14(2)19-21-18(26-22-19)13-23-11-17(12-23)25-9-7-24(8-10-25)16-5-3-15(20)4-6-16/h3-6,14,17H,7-13H2,1-2H3. The monoisotopic (exact) mass is 359 g/mol. The predicted octanol–water partition coefficient (Wildman–Crippen LogP) is 2.34. The molecule has 0 saturated carbocycles. The normalized spacial score (nSPS) is 19.9. The lowest BCUT2D eigenvalue weighted by molar-refractivity contribution is 0.0196. The van der Waals surface area contributed by atoms with Crippen LogP contribution in [0.4, 0.5) is 10.1 Å². The lowest BCUT2D eigenvalue weighted by Crippen LogP contribution is -2.62. The summed E-state index contributed by atoms with van der Waals surface area (Å²) in [6.07, 6.45) is 0. The van der Waals surface area contributed by atoms with Crippen LogP contribution in [-0.2, 0) is 6.54 Å². The Morgan fingerprint density at radius 2 is 1.81 bits per heavy atom. The molecule has 0 aliphatic carbocycles. The number of hydrogen-bond acceptors (Lipinski definition) is 6. The quantitative estimate of drug-likeness (QED) is 0.817. The molecule has 140 valence electrons. The summed E-state index contributed by atoms with van der Waals surface area (Å²) in [6, 6.07) is 7.41. The van der Waals surface area contributed by atoms with Crippen LogP contribution in [0.15, 0.2) is 28.8 Å². The average Bonchev–Trinajstić information content (AvgIpc) is 3.08. The molecule has 2 aliphatic heterocycles. The van der Waals surface area contributed by atoms with Gasteiger partial charge < -0.3 is 9.42 Å². The Morgan fingerprint density at radius 1 is 1.12 bits per heavy atom. The zero-order chi connectivity index (χ0) is 18.1. The summed E-state index contributed by atoms with van der Waals surface area (Å²) < 4.78 is 18.4. The van der Waals surface area contributed by atoms with E-state index in [0.29, 0.717) is 17.9 Å². The van der Waals surface area contributed by atoms with Gasteiger partial charge >= 0.3 is 0 Å². The first-order valence-corrected chi connectivity index (χ1v) is 9.38. The second-order valence-corrected chi connectivity index (χ2v) is 7.55. The maximum absolute atomic E-state index is 13.1. The third kappa shape index (κ3) is 3.73. The molecule has 0 radical (unpaired) electrons. The SMILES string of the molecule is CC(C)c1noc(CN2CC(N3CCN(c4ccc(F)cc4)CC3)C2)n1. The first kappa shape index (κ1) is 17.4. The topological polar surface area (TPSA) is 48.6 Å². The fraction of sp³-hybridized carbons (Fsp3) is 0.579. The third-order valence-corrected chi connectivity index (χ3v) is 5.32. The number of aromatic nitrogens is 2. The molecule has 7 heteroatoms. The van der Waals surface area contributed by atoms with E-state index in [9.17, 15) is 4.39 Å². The molecule has 0 amide bonds. The van der Waals surface area contributed by atoms with Crippen LogP contribution >= 0.6 is 0 Å². The Bertz CT molecular complexity index is 718. The van der Waals surface area contributed by atoms with Crippen molar-refractivity contribution in [1.29, 1.82) is 0 Å². The van der Waals surface area contributed by atoms with Crippen molar-refractivity contribution in [2.24, 2.45) is 0 Å². The Balaban J connectivity index is 1.22. The van der Waals surface area contributed by atoms with E-state index in [2.05, 4.69) is 38.7 Å². The fourth-order valence-corrected chi connectivity index (χ4v) is 3.66. The Kier molecular flexibility index (Phi) is 4.91. The lowest BCUT2D eigenvalue weighted by atomic mass is 10.1. The maximum atomic E-state index is 13.1. The smallest absolute Gasteiger partial charge is 0.240 e. The molecule has 6 nitrogen and oxygen atoms in total. The molecule has 2 saturated heterocycles. The van der Waals surface area contributed by atoms with E-state index in [-0.39, 0.29) is 5.82 Å². The molecule has 4 rings (SSSR count). The van der Waals surface area contributed by atoms with Crippen LogP contribution in [0.25, 0.3) is 0 Å². The van der Waals surface area contributed by atoms with Gasteiger partial charge in [0, 0.05) is 56.9 Å². The minimum absolute atomic E-state index is 0.177. The number of rotatable bonds is 5. The van der Waals surface area contributed by atoms with Gasteiger partial charge in [-0.25, -0.2) is 4.39 Å². The number of benzene rings is 1. The Hall–Kier alpha value is -1.99. The molecular formula is C19H26FN5O. The van der Waals surface area contributed by atoms with E-state index >= 15 is 0 Å². The molecule has 0 N–H and O–H groups in total. The van der Waals surface area contributed by atoms with Gasteiger partial charge in [-0.05, 0) is 24.3 Å². The summed E-state index contributed by atoms with van der Waals surface area (Å²) in [5.41, 5.74) is 1.11. The van der Waals surface area contributed by atoms with Gasteiger partial charge in [-0.3, -0.25) is 9.80 Å². The molecule has 3 heterocycles. The van der Waals surface area contributed by atoms with Crippen molar-refractivity contribution >= 4 is 5.69 Å². The van der Waals surface area contributed by atoms with E-state index in [1.807, 2.05) is 12.1 Å². The zero-order valence-electron chi connectivity index (χ0n) is 15.4. The second kappa shape index (κ2) is 7.32. The van der Waals surface area contributed by atoms with Gasteiger partial charge in [-0.2, -0.15) is 4.98 Å². The van der Waals surface area contributed by atoms with Crippen LogP contribution in [0, 0.1) is 5.82 Å². The zero-order valence-corrected chi connectivity index (χ0v) is 15.4. The summed E-state index contributed by atoms with van der Waals surface area (Å²) in [6.45, 7) is 11.1. The summed E-state index contributed by atoms with van der Waals surface area (Å²) in [7, 11) is 0. The number of nitrogens with zero attached hydrogens (tertiary/aromatic N) is 5.